The second-order valence-electron chi connectivity index (χ2n) is 4.32. The van der Waals surface area contributed by atoms with Crippen molar-refractivity contribution in [1.29, 1.82) is 5.26 Å². The van der Waals surface area contributed by atoms with Gasteiger partial charge in [0.25, 0.3) is 0 Å². The first-order chi connectivity index (χ1) is 8.29. The van der Waals surface area contributed by atoms with Gasteiger partial charge in [0.05, 0.1) is 5.56 Å². The van der Waals surface area contributed by atoms with Gasteiger partial charge in [0.15, 0.2) is 0 Å². The van der Waals surface area contributed by atoms with Crippen LogP contribution in [0.4, 0.5) is 5.69 Å². The molecule has 1 heterocycles. The van der Waals surface area contributed by atoms with E-state index >= 15 is 0 Å². The van der Waals surface area contributed by atoms with Crippen molar-refractivity contribution >= 4 is 21.6 Å². The highest BCUT2D eigenvalue weighted by Gasteiger charge is 2.12. The highest BCUT2D eigenvalue weighted by atomic mass is 79.9. The molecule has 90 valence electrons. The van der Waals surface area contributed by atoms with Crippen LogP contribution in [-0.2, 0) is 0 Å². The van der Waals surface area contributed by atoms with Gasteiger partial charge in [-0.1, -0.05) is 0 Å². The number of nitriles is 1. The number of halogens is 1. The zero-order valence-corrected chi connectivity index (χ0v) is 11.3. The van der Waals surface area contributed by atoms with E-state index in [0.29, 0.717) is 11.6 Å². The van der Waals surface area contributed by atoms with Gasteiger partial charge in [0.2, 0.25) is 0 Å². The molecule has 0 saturated carbocycles. The zero-order chi connectivity index (χ0) is 12.1. The summed E-state index contributed by atoms with van der Waals surface area (Å²) in [6, 6.07) is 8.55. The Balaban J connectivity index is 1.82. The second kappa shape index (κ2) is 6.04. The molecule has 0 unspecified atom stereocenters. The van der Waals surface area contributed by atoms with Crippen LogP contribution in [0.2, 0.25) is 0 Å². The molecule has 17 heavy (non-hydrogen) atoms. The normalized spacial score (nSPS) is 18.9. The van der Waals surface area contributed by atoms with Gasteiger partial charge < -0.3 is 10.6 Å². The van der Waals surface area contributed by atoms with E-state index in [2.05, 4.69) is 32.6 Å². The Bertz CT molecular complexity index is 419. The molecule has 0 aromatic heterocycles. The largest absolute Gasteiger partial charge is 0.385 e. The number of rotatable bonds is 4. The van der Waals surface area contributed by atoms with Crippen LogP contribution in [0, 0.1) is 11.3 Å². The van der Waals surface area contributed by atoms with Crippen LogP contribution >= 0.6 is 15.9 Å². The Morgan fingerprint density at radius 3 is 3.06 bits per heavy atom. The van der Waals surface area contributed by atoms with Crippen LogP contribution in [0.15, 0.2) is 22.7 Å². The van der Waals surface area contributed by atoms with E-state index in [1.54, 1.807) is 0 Å². The summed E-state index contributed by atoms with van der Waals surface area (Å²) < 4.78 is 0.851. The standard InChI is InChI=1S/C13H16BrN3/c14-13-8-12(4-3-10(13)9-15)17-7-5-11-2-1-6-16-11/h3-4,8,11,16-17H,1-2,5-7H2/t11-/m0/s1. The summed E-state index contributed by atoms with van der Waals surface area (Å²) in [5.41, 5.74) is 1.74. The first-order valence-electron chi connectivity index (χ1n) is 5.96. The summed E-state index contributed by atoms with van der Waals surface area (Å²) >= 11 is 3.39. The SMILES string of the molecule is N#Cc1ccc(NCC[C@@H]2CCCN2)cc1Br. The summed E-state index contributed by atoms with van der Waals surface area (Å²) in [6.07, 6.45) is 3.74. The number of hydrogen-bond acceptors (Lipinski definition) is 3. The third-order valence-corrected chi connectivity index (χ3v) is 3.73. The van der Waals surface area contributed by atoms with Crippen LogP contribution in [-0.4, -0.2) is 19.1 Å². The summed E-state index contributed by atoms with van der Waals surface area (Å²) in [5, 5.41) is 15.7. The molecule has 1 atom stereocenters. The van der Waals surface area contributed by atoms with E-state index in [1.165, 1.54) is 12.8 Å². The van der Waals surface area contributed by atoms with Gasteiger partial charge in [-0.2, -0.15) is 5.26 Å². The van der Waals surface area contributed by atoms with E-state index in [0.717, 1.165) is 29.7 Å². The van der Waals surface area contributed by atoms with Crippen molar-refractivity contribution in [2.24, 2.45) is 0 Å². The van der Waals surface area contributed by atoms with Crippen molar-refractivity contribution < 1.29 is 0 Å². The van der Waals surface area contributed by atoms with Crippen molar-refractivity contribution in [3.63, 3.8) is 0 Å². The minimum atomic E-state index is 0.671. The molecule has 2 N–H and O–H groups in total. The number of nitrogens with one attached hydrogen (secondary N) is 2. The fourth-order valence-corrected chi connectivity index (χ4v) is 2.58. The average molecular weight is 294 g/mol. The zero-order valence-electron chi connectivity index (χ0n) is 9.67. The molecule has 1 fully saturated rings. The Kier molecular flexibility index (Phi) is 4.41. The molecule has 0 bridgehead atoms. The van der Waals surface area contributed by atoms with Crippen molar-refractivity contribution in [3.05, 3.63) is 28.2 Å². The molecular weight excluding hydrogens is 278 g/mol. The molecule has 1 aromatic rings. The molecule has 0 aliphatic carbocycles. The maximum Gasteiger partial charge on any atom is 0.100 e. The Morgan fingerprint density at radius 1 is 1.53 bits per heavy atom. The highest BCUT2D eigenvalue weighted by molar-refractivity contribution is 9.10. The predicted molar refractivity (Wildman–Crippen MR) is 73.0 cm³/mol. The van der Waals surface area contributed by atoms with Gasteiger partial charge >= 0.3 is 0 Å². The van der Waals surface area contributed by atoms with Crippen LogP contribution in [0.25, 0.3) is 0 Å². The van der Waals surface area contributed by atoms with Gasteiger partial charge in [-0.3, -0.25) is 0 Å². The van der Waals surface area contributed by atoms with Crippen LogP contribution in [0.3, 0.4) is 0 Å². The molecular formula is C13H16BrN3. The average Bonchev–Trinajstić information content (AvgIpc) is 2.82. The molecule has 1 aliphatic heterocycles. The maximum atomic E-state index is 8.82. The lowest BCUT2D eigenvalue weighted by atomic mass is 10.1. The van der Waals surface area contributed by atoms with Crippen LogP contribution in [0.5, 0.6) is 0 Å². The van der Waals surface area contributed by atoms with Gasteiger partial charge in [-0.15, -0.1) is 0 Å². The molecule has 0 radical (unpaired) electrons. The maximum absolute atomic E-state index is 8.82. The molecule has 4 heteroatoms. The summed E-state index contributed by atoms with van der Waals surface area (Å²) in [6.45, 7) is 2.13. The molecule has 0 amide bonds. The molecule has 2 rings (SSSR count). The molecule has 1 aromatic carbocycles. The predicted octanol–water partition coefficient (Wildman–Crippen LogP) is 2.87. The lowest BCUT2D eigenvalue weighted by molar-refractivity contribution is 0.574. The summed E-state index contributed by atoms with van der Waals surface area (Å²) in [4.78, 5) is 0. The Hall–Kier alpha value is -1.05. The quantitative estimate of drug-likeness (QED) is 0.897. The van der Waals surface area contributed by atoms with Gasteiger partial charge in [-0.05, 0) is 59.9 Å². The third-order valence-electron chi connectivity index (χ3n) is 3.07. The minimum absolute atomic E-state index is 0.671. The number of anilines is 1. The number of benzene rings is 1. The van der Waals surface area contributed by atoms with E-state index in [-0.39, 0.29) is 0 Å². The van der Waals surface area contributed by atoms with E-state index in [1.807, 2.05) is 18.2 Å². The van der Waals surface area contributed by atoms with Crippen LogP contribution < -0.4 is 10.6 Å². The van der Waals surface area contributed by atoms with Crippen molar-refractivity contribution in [2.75, 3.05) is 18.4 Å². The lowest BCUT2D eigenvalue weighted by Crippen LogP contribution is -2.24. The lowest BCUT2D eigenvalue weighted by Gasteiger charge is -2.12. The number of nitrogens with zero attached hydrogens (tertiary/aromatic N) is 1. The highest BCUT2D eigenvalue weighted by Crippen LogP contribution is 2.21. The smallest absolute Gasteiger partial charge is 0.100 e. The van der Waals surface area contributed by atoms with Gasteiger partial charge in [0.1, 0.15) is 6.07 Å². The summed E-state index contributed by atoms with van der Waals surface area (Å²) in [7, 11) is 0. The minimum Gasteiger partial charge on any atom is -0.385 e. The van der Waals surface area contributed by atoms with Crippen molar-refractivity contribution in [3.8, 4) is 6.07 Å². The molecule has 1 saturated heterocycles. The first kappa shape index (κ1) is 12.4. The van der Waals surface area contributed by atoms with E-state index in [9.17, 15) is 0 Å². The monoisotopic (exact) mass is 293 g/mol. The molecule has 3 nitrogen and oxygen atoms in total. The fraction of sp³-hybridized carbons (Fsp3) is 0.462. The molecule has 0 spiro atoms. The third kappa shape index (κ3) is 3.45. The van der Waals surface area contributed by atoms with E-state index < -0.39 is 0 Å². The Labute approximate surface area is 110 Å². The first-order valence-corrected chi connectivity index (χ1v) is 6.76. The van der Waals surface area contributed by atoms with Crippen molar-refractivity contribution in [2.45, 2.75) is 25.3 Å². The van der Waals surface area contributed by atoms with E-state index in [4.69, 9.17) is 5.26 Å². The number of hydrogen-bond donors (Lipinski definition) is 2. The topological polar surface area (TPSA) is 47.9 Å². The van der Waals surface area contributed by atoms with Gasteiger partial charge in [0, 0.05) is 22.7 Å². The second-order valence-corrected chi connectivity index (χ2v) is 5.17. The van der Waals surface area contributed by atoms with Crippen LogP contribution in [0.1, 0.15) is 24.8 Å². The summed E-state index contributed by atoms with van der Waals surface area (Å²) in [5.74, 6) is 0. The fourth-order valence-electron chi connectivity index (χ4n) is 2.11. The van der Waals surface area contributed by atoms with Crippen molar-refractivity contribution in [1.82, 2.24) is 5.32 Å². The van der Waals surface area contributed by atoms with Gasteiger partial charge in [-0.25, -0.2) is 0 Å². The molecule has 1 aliphatic rings. The Morgan fingerprint density at radius 2 is 2.41 bits per heavy atom.